The predicted molar refractivity (Wildman–Crippen MR) is 52.5 cm³/mol. The average molecular weight is 195 g/mol. The van der Waals surface area contributed by atoms with E-state index in [-0.39, 0.29) is 23.0 Å². The van der Waals surface area contributed by atoms with E-state index in [0.29, 0.717) is 12.1 Å². The fraction of sp³-hybridized carbons (Fsp3) is 0.300. The van der Waals surface area contributed by atoms with Crippen molar-refractivity contribution in [3.8, 4) is 11.5 Å². The van der Waals surface area contributed by atoms with Gasteiger partial charge in [-0.1, -0.05) is 6.07 Å². The molecule has 0 spiro atoms. The third-order valence-electron chi connectivity index (χ3n) is 1.93. The largest absolute Gasteiger partial charge is 0.504 e. The fourth-order valence-corrected chi connectivity index (χ4v) is 1.12. The van der Waals surface area contributed by atoms with Crippen LogP contribution in [0.2, 0.25) is 0 Å². The van der Waals surface area contributed by atoms with Crippen LogP contribution >= 0.6 is 0 Å². The molecule has 0 aliphatic heterocycles. The maximum absolute atomic E-state index is 11.3. The summed E-state index contributed by atoms with van der Waals surface area (Å²) in [4.78, 5) is 11.3. The highest BCUT2D eigenvalue weighted by Gasteiger charge is 2.14. The van der Waals surface area contributed by atoms with Crippen LogP contribution in [0.3, 0.4) is 0 Å². The number of aromatic hydroxyl groups is 2. The van der Waals surface area contributed by atoms with Gasteiger partial charge in [-0.05, 0) is 25.5 Å². The van der Waals surface area contributed by atoms with Crippen LogP contribution in [0, 0.1) is 6.92 Å². The summed E-state index contributed by atoms with van der Waals surface area (Å²) < 4.78 is 0. The summed E-state index contributed by atoms with van der Waals surface area (Å²) in [6.45, 7) is 3.91. The highest BCUT2D eigenvalue weighted by molar-refractivity contribution is 5.97. The monoisotopic (exact) mass is 195 g/mol. The standard InChI is InChI=1S/C10H13NO3/c1-3-11-10(14)7-5-4-6(2)8(12)9(7)13/h4-5,12-13H,3H2,1-2H3,(H,11,14). The minimum Gasteiger partial charge on any atom is -0.504 e. The van der Waals surface area contributed by atoms with E-state index in [0.717, 1.165) is 0 Å². The zero-order chi connectivity index (χ0) is 10.7. The van der Waals surface area contributed by atoms with E-state index in [1.807, 2.05) is 0 Å². The molecule has 0 saturated carbocycles. The molecule has 1 rings (SSSR count). The van der Waals surface area contributed by atoms with E-state index in [1.165, 1.54) is 6.07 Å². The van der Waals surface area contributed by atoms with Crippen molar-refractivity contribution in [3.63, 3.8) is 0 Å². The maximum atomic E-state index is 11.3. The zero-order valence-electron chi connectivity index (χ0n) is 8.16. The number of carbonyl (C=O) groups is 1. The van der Waals surface area contributed by atoms with E-state index in [4.69, 9.17) is 0 Å². The Hall–Kier alpha value is -1.71. The molecule has 0 unspecified atom stereocenters. The molecule has 14 heavy (non-hydrogen) atoms. The summed E-state index contributed by atoms with van der Waals surface area (Å²) >= 11 is 0. The summed E-state index contributed by atoms with van der Waals surface area (Å²) in [5.41, 5.74) is 0.630. The van der Waals surface area contributed by atoms with Crippen molar-refractivity contribution in [3.05, 3.63) is 23.3 Å². The van der Waals surface area contributed by atoms with Gasteiger partial charge in [0, 0.05) is 6.54 Å². The Morgan fingerprint density at radius 3 is 2.57 bits per heavy atom. The number of rotatable bonds is 2. The normalized spacial score (nSPS) is 9.86. The summed E-state index contributed by atoms with van der Waals surface area (Å²) in [6.07, 6.45) is 0. The fourth-order valence-electron chi connectivity index (χ4n) is 1.12. The van der Waals surface area contributed by atoms with Crippen LogP contribution < -0.4 is 5.32 Å². The SMILES string of the molecule is CCNC(=O)c1ccc(C)c(O)c1O. The van der Waals surface area contributed by atoms with Crippen molar-refractivity contribution in [1.29, 1.82) is 0 Å². The summed E-state index contributed by atoms with van der Waals surface area (Å²) in [5.74, 6) is -0.995. The Morgan fingerprint density at radius 1 is 1.36 bits per heavy atom. The van der Waals surface area contributed by atoms with Gasteiger partial charge >= 0.3 is 0 Å². The number of phenols is 2. The third-order valence-corrected chi connectivity index (χ3v) is 1.93. The minimum absolute atomic E-state index is 0.0925. The van der Waals surface area contributed by atoms with Gasteiger partial charge in [-0.3, -0.25) is 4.79 Å². The van der Waals surface area contributed by atoms with E-state index in [2.05, 4.69) is 5.32 Å². The number of hydrogen-bond donors (Lipinski definition) is 3. The first-order valence-electron chi connectivity index (χ1n) is 4.37. The van der Waals surface area contributed by atoms with Crippen LogP contribution in [0.4, 0.5) is 0 Å². The average Bonchev–Trinajstić information content (AvgIpc) is 2.15. The van der Waals surface area contributed by atoms with Gasteiger partial charge < -0.3 is 15.5 Å². The van der Waals surface area contributed by atoms with E-state index in [1.54, 1.807) is 19.9 Å². The van der Waals surface area contributed by atoms with Crippen molar-refractivity contribution in [2.75, 3.05) is 6.54 Å². The van der Waals surface area contributed by atoms with Crippen LogP contribution in [-0.4, -0.2) is 22.7 Å². The minimum atomic E-state index is -0.389. The number of hydrogen-bond acceptors (Lipinski definition) is 3. The van der Waals surface area contributed by atoms with Crippen molar-refractivity contribution in [1.82, 2.24) is 5.32 Å². The van der Waals surface area contributed by atoms with E-state index < -0.39 is 0 Å². The molecular weight excluding hydrogens is 182 g/mol. The number of amides is 1. The van der Waals surface area contributed by atoms with Gasteiger partial charge in [-0.25, -0.2) is 0 Å². The third kappa shape index (κ3) is 1.79. The van der Waals surface area contributed by atoms with Crippen molar-refractivity contribution in [2.24, 2.45) is 0 Å². The highest BCUT2D eigenvalue weighted by Crippen LogP contribution is 2.31. The summed E-state index contributed by atoms with van der Waals surface area (Å²) in [6, 6.07) is 3.06. The number of benzene rings is 1. The molecule has 1 aromatic carbocycles. The van der Waals surface area contributed by atoms with Crippen molar-refractivity contribution >= 4 is 5.91 Å². The van der Waals surface area contributed by atoms with Gasteiger partial charge in [-0.2, -0.15) is 0 Å². The first kappa shape index (κ1) is 10.4. The van der Waals surface area contributed by atoms with Crippen LogP contribution in [0.1, 0.15) is 22.8 Å². The Bertz CT molecular complexity index is 361. The molecule has 4 nitrogen and oxygen atoms in total. The van der Waals surface area contributed by atoms with Crippen LogP contribution in [0.5, 0.6) is 11.5 Å². The number of nitrogens with one attached hydrogen (secondary N) is 1. The molecule has 1 amide bonds. The second kappa shape index (κ2) is 4.00. The first-order chi connectivity index (χ1) is 6.57. The van der Waals surface area contributed by atoms with Gasteiger partial charge in [0.15, 0.2) is 11.5 Å². The zero-order valence-corrected chi connectivity index (χ0v) is 8.16. The quantitative estimate of drug-likeness (QED) is 0.620. The number of phenolic OH excluding ortho intramolecular Hbond substituents is 2. The Labute approximate surface area is 82.2 Å². The smallest absolute Gasteiger partial charge is 0.255 e. The molecule has 0 fully saturated rings. The predicted octanol–water partition coefficient (Wildman–Crippen LogP) is 1.16. The van der Waals surface area contributed by atoms with Crippen molar-refractivity contribution in [2.45, 2.75) is 13.8 Å². The molecule has 76 valence electrons. The summed E-state index contributed by atoms with van der Waals surface area (Å²) in [5, 5.41) is 21.4. The molecule has 1 aromatic rings. The summed E-state index contributed by atoms with van der Waals surface area (Å²) in [7, 11) is 0. The molecule has 0 radical (unpaired) electrons. The topological polar surface area (TPSA) is 69.6 Å². The lowest BCUT2D eigenvalue weighted by Crippen LogP contribution is -2.22. The van der Waals surface area contributed by atoms with E-state index >= 15 is 0 Å². The van der Waals surface area contributed by atoms with Gasteiger partial charge in [0.2, 0.25) is 0 Å². The van der Waals surface area contributed by atoms with E-state index in [9.17, 15) is 15.0 Å². The molecule has 4 heteroatoms. The maximum Gasteiger partial charge on any atom is 0.255 e. The second-order valence-electron chi connectivity index (χ2n) is 2.99. The molecule has 3 N–H and O–H groups in total. The Balaban J connectivity index is 3.11. The van der Waals surface area contributed by atoms with Gasteiger partial charge in [0.25, 0.3) is 5.91 Å². The van der Waals surface area contributed by atoms with Crippen LogP contribution in [0.25, 0.3) is 0 Å². The van der Waals surface area contributed by atoms with Crippen LogP contribution in [-0.2, 0) is 0 Å². The Morgan fingerprint density at radius 2 is 2.00 bits per heavy atom. The molecule has 0 aliphatic carbocycles. The van der Waals surface area contributed by atoms with Gasteiger partial charge in [0.1, 0.15) is 0 Å². The number of aryl methyl sites for hydroxylation is 1. The molecule has 0 bridgehead atoms. The number of carbonyl (C=O) groups excluding carboxylic acids is 1. The molecule has 0 saturated heterocycles. The molecule has 0 heterocycles. The molecule has 0 atom stereocenters. The van der Waals surface area contributed by atoms with Gasteiger partial charge in [-0.15, -0.1) is 0 Å². The first-order valence-corrected chi connectivity index (χ1v) is 4.37. The van der Waals surface area contributed by atoms with Crippen molar-refractivity contribution < 1.29 is 15.0 Å². The lowest BCUT2D eigenvalue weighted by Gasteiger charge is -2.07. The lowest BCUT2D eigenvalue weighted by molar-refractivity contribution is 0.0952. The Kier molecular flexibility index (Phi) is 2.96. The molecular formula is C10H13NO3. The highest BCUT2D eigenvalue weighted by atomic mass is 16.3. The van der Waals surface area contributed by atoms with Crippen LogP contribution in [0.15, 0.2) is 12.1 Å². The molecule has 0 aromatic heterocycles. The second-order valence-corrected chi connectivity index (χ2v) is 2.99. The van der Waals surface area contributed by atoms with Gasteiger partial charge in [0.05, 0.1) is 5.56 Å². The lowest BCUT2D eigenvalue weighted by atomic mass is 10.1. The molecule has 0 aliphatic rings.